The van der Waals surface area contributed by atoms with Crippen molar-refractivity contribution in [3.05, 3.63) is 24.3 Å². The van der Waals surface area contributed by atoms with Crippen molar-refractivity contribution in [2.45, 2.75) is 19.4 Å². The van der Waals surface area contributed by atoms with Crippen LogP contribution in [0.5, 0.6) is 5.75 Å². The van der Waals surface area contributed by atoms with E-state index >= 15 is 0 Å². The summed E-state index contributed by atoms with van der Waals surface area (Å²) >= 11 is 0. The molecule has 0 radical (unpaired) electrons. The number of benzene rings is 1. The van der Waals surface area contributed by atoms with Crippen LogP contribution in [0, 0.1) is 0 Å². The highest BCUT2D eigenvalue weighted by Crippen LogP contribution is 2.20. The van der Waals surface area contributed by atoms with Crippen molar-refractivity contribution in [3.8, 4) is 5.75 Å². The summed E-state index contributed by atoms with van der Waals surface area (Å²) in [6.07, 6.45) is 0.567. The molecule has 0 fully saturated rings. The van der Waals surface area contributed by atoms with Crippen LogP contribution in [-0.4, -0.2) is 23.1 Å². The van der Waals surface area contributed by atoms with E-state index in [1.165, 1.54) is 13.8 Å². The fourth-order valence-corrected chi connectivity index (χ4v) is 1.03. The van der Waals surface area contributed by atoms with Crippen molar-refractivity contribution in [2.75, 3.05) is 5.32 Å². The van der Waals surface area contributed by atoms with Gasteiger partial charge in [-0.25, -0.2) is 4.79 Å². The Morgan fingerprint density at radius 1 is 1.38 bits per heavy atom. The van der Waals surface area contributed by atoms with E-state index in [0.29, 0.717) is 17.8 Å². The van der Waals surface area contributed by atoms with Gasteiger partial charge in [0.25, 0.3) is 0 Å². The lowest BCUT2D eigenvalue weighted by molar-refractivity contribution is -0.152. The minimum Gasteiger partial charge on any atom is -0.478 e. The number of carboxylic acids is 1. The highest BCUT2D eigenvalue weighted by Gasteiger charge is 2.29. The van der Waals surface area contributed by atoms with Crippen molar-refractivity contribution in [1.82, 2.24) is 0 Å². The van der Waals surface area contributed by atoms with Gasteiger partial charge in [0, 0.05) is 5.69 Å². The molecule has 5 nitrogen and oxygen atoms in total. The molecule has 86 valence electrons. The van der Waals surface area contributed by atoms with Gasteiger partial charge in [-0.15, -0.1) is 0 Å². The predicted octanol–water partition coefficient (Wildman–Crippen LogP) is 1.50. The van der Waals surface area contributed by atoms with Gasteiger partial charge >= 0.3 is 5.97 Å². The minimum absolute atomic E-state index is 0.434. The lowest BCUT2D eigenvalue weighted by Gasteiger charge is -2.21. The van der Waals surface area contributed by atoms with Crippen molar-refractivity contribution < 1.29 is 19.4 Å². The Hall–Kier alpha value is -2.04. The molecule has 0 aliphatic heterocycles. The lowest BCUT2D eigenvalue weighted by Crippen LogP contribution is -2.37. The number of carboxylic acid groups (broad SMARTS) is 1. The number of nitrogens with one attached hydrogen (secondary N) is 1. The molecule has 1 aromatic carbocycles. The second-order valence-electron chi connectivity index (χ2n) is 3.70. The molecule has 0 atom stereocenters. The topological polar surface area (TPSA) is 75.6 Å². The maximum atomic E-state index is 10.8. The van der Waals surface area contributed by atoms with Crippen molar-refractivity contribution >= 4 is 18.1 Å². The van der Waals surface area contributed by atoms with Crippen LogP contribution < -0.4 is 10.1 Å². The van der Waals surface area contributed by atoms with Crippen LogP contribution in [0.15, 0.2) is 24.3 Å². The number of hydrogen-bond donors (Lipinski definition) is 2. The highest BCUT2D eigenvalue weighted by atomic mass is 16.5. The van der Waals surface area contributed by atoms with E-state index in [0.717, 1.165) is 0 Å². The van der Waals surface area contributed by atoms with Gasteiger partial charge in [-0.05, 0) is 38.1 Å². The summed E-state index contributed by atoms with van der Waals surface area (Å²) in [6, 6.07) is 6.44. The SMILES string of the molecule is CC(C)(Oc1ccc(NC=O)cc1)C(=O)O. The summed E-state index contributed by atoms with van der Waals surface area (Å²) in [5, 5.41) is 11.3. The van der Waals surface area contributed by atoms with Gasteiger partial charge in [-0.1, -0.05) is 0 Å². The molecule has 0 bridgehead atoms. The molecule has 0 aliphatic carbocycles. The standard InChI is InChI=1S/C11H13NO4/c1-11(2,10(14)15)16-9-5-3-8(4-6-9)12-7-13/h3-7H,1-2H3,(H,12,13)(H,14,15). The van der Waals surface area contributed by atoms with Gasteiger partial charge < -0.3 is 15.2 Å². The van der Waals surface area contributed by atoms with Crippen LogP contribution in [0.3, 0.4) is 0 Å². The number of aliphatic carboxylic acids is 1. The summed E-state index contributed by atoms with van der Waals surface area (Å²) in [6.45, 7) is 2.93. The van der Waals surface area contributed by atoms with E-state index in [4.69, 9.17) is 9.84 Å². The smallest absolute Gasteiger partial charge is 0.347 e. The summed E-state index contributed by atoms with van der Waals surface area (Å²) in [4.78, 5) is 21.0. The van der Waals surface area contributed by atoms with E-state index in [-0.39, 0.29) is 0 Å². The Labute approximate surface area is 93.0 Å². The molecule has 0 saturated heterocycles. The van der Waals surface area contributed by atoms with Gasteiger partial charge in [0.1, 0.15) is 5.75 Å². The Balaban J connectivity index is 2.75. The molecule has 0 heterocycles. The summed E-state index contributed by atoms with van der Waals surface area (Å²) in [7, 11) is 0. The maximum Gasteiger partial charge on any atom is 0.347 e. The molecule has 0 unspecified atom stereocenters. The molecule has 0 saturated carbocycles. The first kappa shape index (κ1) is 12.0. The normalized spacial score (nSPS) is 10.6. The zero-order valence-electron chi connectivity index (χ0n) is 9.06. The molecule has 5 heteroatoms. The van der Waals surface area contributed by atoms with Gasteiger partial charge in [-0.3, -0.25) is 4.79 Å². The Kier molecular flexibility index (Phi) is 3.50. The monoisotopic (exact) mass is 223 g/mol. The lowest BCUT2D eigenvalue weighted by atomic mass is 10.1. The molecule has 2 N–H and O–H groups in total. The van der Waals surface area contributed by atoms with E-state index < -0.39 is 11.6 Å². The predicted molar refractivity (Wildman–Crippen MR) is 58.5 cm³/mol. The Morgan fingerprint density at radius 3 is 2.38 bits per heavy atom. The van der Waals surface area contributed by atoms with Crippen molar-refractivity contribution in [2.24, 2.45) is 0 Å². The highest BCUT2D eigenvalue weighted by molar-refractivity contribution is 5.77. The number of anilines is 1. The average Bonchev–Trinajstić information content (AvgIpc) is 2.21. The van der Waals surface area contributed by atoms with Crippen molar-refractivity contribution in [1.29, 1.82) is 0 Å². The molecule has 1 rings (SSSR count). The third kappa shape index (κ3) is 2.98. The fourth-order valence-electron chi connectivity index (χ4n) is 1.03. The largest absolute Gasteiger partial charge is 0.478 e. The van der Waals surface area contributed by atoms with E-state index in [9.17, 15) is 9.59 Å². The molecule has 1 amide bonds. The number of amides is 1. The average molecular weight is 223 g/mol. The van der Waals surface area contributed by atoms with Crippen LogP contribution in [0.1, 0.15) is 13.8 Å². The molecular weight excluding hydrogens is 210 g/mol. The number of ether oxygens (including phenoxy) is 1. The number of carbonyl (C=O) groups is 2. The number of hydrogen-bond acceptors (Lipinski definition) is 3. The molecule has 0 aromatic heterocycles. The molecule has 1 aromatic rings. The van der Waals surface area contributed by atoms with Gasteiger partial charge in [0.15, 0.2) is 5.60 Å². The third-order valence-electron chi connectivity index (χ3n) is 1.97. The summed E-state index contributed by atoms with van der Waals surface area (Å²) < 4.78 is 5.28. The van der Waals surface area contributed by atoms with Crippen LogP contribution in [0.4, 0.5) is 5.69 Å². The summed E-state index contributed by atoms with van der Waals surface area (Å²) in [5.74, 6) is -0.605. The third-order valence-corrected chi connectivity index (χ3v) is 1.97. The second kappa shape index (κ2) is 4.65. The fraction of sp³-hybridized carbons (Fsp3) is 0.273. The molecular formula is C11H13NO4. The molecule has 16 heavy (non-hydrogen) atoms. The van der Waals surface area contributed by atoms with Crippen LogP contribution in [-0.2, 0) is 9.59 Å². The van der Waals surface area contributed by atoms with Crippen LogP contribution in [0.2, 0.25) is 0 Å². The minimum atomic E-state index is -1.28. The number of rotatable bonds is 5. The summed E-state index contributed by atoms with van der Waals surface area (Å²) in [5.41, 5.74) is -0.657. The van der Waals surface area contributed by atoms with E-state index in [1.54, 1.807) is 24.3 Å². The first-order chi connectivity index (χ1) is 7.45. The molecule has 0 aliphatic rings. The van der Waals surface area contributed by atoms with Crippen molar-refractivity contribution in [3.63, 3.8) is 0 Å². The molecule has 0 spiro atoms. The second-order valence-corrected chi connectivity index (χ2v) is 3.70. The van der Waals surface area contributed by atoms with Gasteiger partial charge in [-0.2, -0.15) is 0 Å². The quantitative estimate of drug-likeness (QED) is 0.741. The first-order valence-electron chi connectivity index (χ1n) is 4.68. The van der Waals surface area contributed by atoms with Gasteiger partial charge in [0.2, 0.25) is 6.41 Å². The van der Waals surface area contributed by atoms with Gasteiger partial charge in [0.05, 0.1) is 0 Å². The van der Waals surface area contributed by atoms with E-state index in [2.05, 4.69) is 5.32 Å². The van der Waals surface area contributed by atoms with E-state index in [1.807, 2.05) is 0 Å². The zero-order valence-corrected chi connectivity index (χ0v) is 9.06. The Bertz CT molecular complexity index is 383. The Morgan fingerprint density at radius 2 is 1.94 bits per heavy atom. The number of carbonyl (C=O) groups excluding carboxylic acids is 1. The maximum absolute atomic E-state index is 10.8. The zero-order chi connectivity index (χ0) is 12.2. The van der Waals surface area contributed by atoms with Crippen LogP contribution in [0.25, 0.3) is 0 Å². The first-order valence-corrected chi connectivity index (χ1v) is 4.68. The van der Waals surface area contributed by atoms with Crippen LogP contribution >= 0.6 is 0 Å².